The Morgan fingerprint density at radius 3 is 2.69 bits per heavy atom. The number of nitrogens with two attached hydrogens (primary N) is 1. The van der Waals surface area contributed by atoms with Crippen molar-refractivity contribution in [3.8, 4) is 5.75 Å². The zero-order valence-corrected chi connectivity index (χ0v) is 17.4. The van der Waals surface area contributed by atoms with Crippen LogP contribution in [0.15, 0.2) is 41.6 Å². The molecule has 2 aromatic carbocycles. The summed E-state index contributed by atoms with van der Waals surface area (Å²) < 4.78 is 20.7. The number of anilines is 1. The molecule has 0 fully saturated rings. The molecule has 1 heterocycles. The van der Waals surface area contributed by atoms with Crippen molar-refractivity contribution in [3.05, 3.63) is 64.2 Å². The van der Waals surface area contributed by atoms with Crippen molar-refractivity contribution in [2.75, 3.05) is 16.9 Å². The van der Waals surface area contributed by atoms with Gasteiger partial charge >= 0.3 is 0 Å². The zero-order chi connectivity index (χ0) is 21.0. The molecule has 0 bridgehead atoms. The molecule has 7 nitrogen and oxygen atoms in total. The third-order valence-corrected chi connectivity index (χ3v) is 5.01. The lowest BCUT2D eigenvalue weighted by molar-refractivity contribution is -0.113. The molecular weight excluding hydrogens is 417 g/mol. The first kappa shape index (κ1) is 20.9. The summed E-state index contributed by atoms with van der Waals surface area (Å²) in [4.78, 5) is 12.1. The highest BCUT2D eigenvalue weighted by molar-refractivity contribution is 7.99. The van der Waals surface area contributed by atoms with E-state index >= 15 is 0 Å². The molecule has 0 spiro atoms. The monoisotopic (exact) mass is 435 g/mol. The van der Waals surface area contributed by atoms with E-state index in [0.29, 0.717) is 21.8 Å². The highest BCUT2D eigenvalue weighted by Gasteiger charge is 2.14. The van der Waals surface area contributed by atoms with Crippen LogP contribution in [0.4, 0.5) is 10.1 Å². The van der Waals surface area contributed by atoms with Crippen LogP contribution in [0, 0.1) is 19.7 Å². The second-order valence-corrected chi connectivity index (χ2v) is 7.72. The SMILES string of the molecule is Cc1cc(C)cc(OCc2nnc(SCC(=O)Nc3cc(Cl)ccc3F)n2N)c1. The van der Waals surface area contributed by atoms with Gasteiger partial charge in [-0.15, -0.1) is 10.2 Å². The highest BCUT2D eigenvalue weighted by atomic mass is 35.5. The Hall–Kier alpha value is -2.78. The predicted molar refractivity (Wildman–Crippen MR) is 111 cm³/mol. The van der Waals surface area contributed by atoms with Crippen molar-refractivity contribution in [2.24, 2.45) is 0 Å². The summed E-state index contributed by atoms with van der Waals surface area (Å²) in [6, 6.07) is 9.81. The Kier molecular flexibility index (Phi) is 6.60. The van der Waals surface area contributed by atoms with E-state index in [0.717, 1.165) is 22.9 Å². The standard InChI is InChI=1S/C19H19ClFN5O2S/c1-11-5-12(2)7-14(6-11)28-9-17-24-25-19(26(17)22)29-10-18(27)23-16-8-13(20)3-4-15(16)21/h3-8H,9-10,22H2,1-2H3,(H,23,27). The van der Waals surface area contributed by atoms with E-state index in [1.54, 1.807) is 0 Å². The first-order chi connectivity index (χ1) is 13.8. The smallest absolute Gasteiger partial charge is 0.234 e. The molecule has 1 amide bonds. The third kappa shape index (κ3) is 5.61. The predicted octanol–water partition coefficient (Wildman–Crippen LogP) is 3.71. The molecule has 0 saturated carbocycles. The number of hydrogen-bond acceptors (Lipinski definition) is 6. The number of nitrogen functional groups attached to an aromatic ring is 1. The van der Waals surface area contributed by atoms with E-state index < -0.39 is 11.7 Å². The molecule has 3 rings (SSSR count). The Balaban J connectivity index is 1.56. The number of thioether (sulfide) groups is 1. The van der Waals surface area contributed by atoms with Crippen molar-refractivity contribution in [1.29, 1.82) is 0 Å². The number of amides is 1. The van der Waals surface area contributed by atoms with E-state index in [-0.39, 0.29) is 18.0 Å². The fraction of sp³-hybridized carbons (Fsp3) is 0.211. The highest BCUT2D eigenvalue weighted by Crippen LogP contribution is 2.21. The first-order valence-electron chi connectivity index (χ1n) is 8.60. The van der Waals surface area contributed by atoms with Crippen LogP contribution in [-0.4, -0.2) is 26.5 Å². The molecule has 10 heteroatoms. The van der Waals surface area contributed by atoms with Crippen LogP contribution in [0.2, 0.25) is 5.02 Å². The molecule has 0 aliphatic carbocycles. The topological polar surface area (TPSA) is 95.1 Å². The Morgan fingerprint density at radius 2 is 1.97 bits per heavy atom. The van der Waals surface area contributed by atoms with Crippen LogP contribution < -0.4 is 15.9 Å². The van der Waals surface area contributed by atoms with Gasteiger partial charge in [0.15, 0.2) is 5.82 Å². The van der Waals surface area contributed by atoms with Crippen LogP contribution in [0.1, 0.15) is 17.0 Å². The Labute approximate surface area is 176 Å². The van der Waals surface area contributed by atoms with Gasteiger partial charge in [-0.05, 0) is 55.3 Å². The second-order valence-electron chi connectivity index (χ2n) is 6.34. The first-order valence-corrected chi connectivity index (χ1v) is 9.96. The van der Waals surface area contributed by atoms with Crippen molar-refractivity contribution >= 4 is 35.0 Å². The van der Waals surface area contributed by atoms with Crippen molar-refractivity contribution in [2.45, 2.75) is 25.6 Å². The van der Waals surface area contributed by atoms with Crippen LogP contribution in [-0.2, 0) is 11.4 Å². The minimum atomic E-state index is -0.569. The fourth-order valence-electron chi connectivity index (χ4n) is 2.58. The zero-order valence-electron chi connectivity index (χ0n) is 15.8. The maximum absolute atomic E-state index is 13.7. The number of rotatable bonds is 7. The molecule has 3 aromatic rings. The summed E-state index contributed by atoms with van der Waals surface area (Å²) in [6.07, 6.45) is 0. The van der Waals surface area contributed by atoms with Crippen LogP contribution >= 0.6 is 23.4 Å². The number of nitrogens with zero attached hydrogens (tertiary/aromatic N) is 3. The average Bonchev–Trinajstić information content (AvgIpc) is 3.00. The van der Waals surface area contributed by atoms with Gasteiger partial charge in [-0.25, -0.2) is 9.07 Å². The van der Waals surface area contributed by atoms with E-state index in [9.17, 15) is 9.18 Å². The summed E-state index contributed by atoms with van der Waals surface area (Å²) >= 11 is 6.89. The van der Waals surface area contributed by atoms with Crippen molar-refractivity contribution in [1.82, 2.24) is 14.9 Å². The summed E-state index contributed by atoms with van der Waals surface area (Å²) in [5.41, 5.74) is 2.19. The van der Waals surface area contributed by atoms with Crippen molar-refractivity contribution < 1.29 is 13.9 Å². The molecule has 0 saturated heterocycles. The van der Waals surface area contributed by atoms with Gasteiger partial charge in [0.05, 0.1) is 11.4 Å². The molecule has 1 aromatic heterocycles. The molecule has 29 heavy (non-hydrogen) atoms. The van der Waals surface area contributed by atoms with Gasteiger partial charge in [0.25, 0.3) is 0 Å². The largest absolute Gasteiger partial charge is 0.486 e. The molecular formula is C19H19ClFN5O2S. The van der Waals surface area contributed by atoms with Gasteiger partial charge in [0, 0.05) is 5.02 Å². The number of halogens is 2. The number of nitrogens with one attached hydrogen (secondary N) is 1. The normalized spacial score (nSPS) is 10.8. The quantitative estimate of drug-likeness (QED) is 0.434. The average molecular weight is 436 g/mol. The van der Waals surface area contributed by atoms with Gasteiger partial charge < -0.3 is 15.9 Å². The second kappa shape index (κ2) is 9.15. The van der Waals surface area contributed by atoms with Crippen molar-refractivity contribution in [3.63, 3.8) is 0 Å². The molecule has 0 aliphatic rings. The number of ether oxygens (including phenoxy) is 1. The lowest BCUT2D eigenvalue weighted by Gasteiger charge is -2.08. The van der Waals surface area contributed by atoms with E-state index in [4.69, 9.17) is 22.2 Å². The van der Waals surface area contributed by atoms with Gasteiger partial charge in [-0.1, -0.05) is 29.4 Å². The molecule has 0 unspecified atom stereocenters. The molecule has 0 atom stereocenters. The Morgan fingerprint density at radius 1 is 1.24 bits per heavy atom. The van der Waals surface area contributed by atoms with Gasteiger partial charge in [0.2, 0.25) is 11.1 Å². The summed E-state index contributed by atoms with van der Waals surface area (Å²) in [7, 11) is 0. The lowest BCUT2D eigenvalue weighted by Crippen LogP contribution is -2.18. The van der Waals surface area contributed by atoms with E-state index in [2.05, 4.69) is 15.5 Å². The molecule has 152 valence electrons. The van der Waals surface area contributed by atoms with Crippen LogP contribution in [0.5, 0.6) is 5.75 Å². The number of hydrogen-bond donors (Lipinski definition) is 2. The number of benzene rings is 2. The third-order valence-electron chi connectivity index (χ3n) is 3.83. The maximum Gasteiger partial charge on any atom is 0.234 e. The molecule has 0 radical (unpaired) electrons. The number of aromatic nitrogens is 3. The van der Waals surface area contributed by atoms with Crippen LogP contribution in [0.3, 0.4) is 0 Å². The maximum atomic E-state index is 13.7. The summed E-state index contributed by atoms with van der Waals surface area (Å²) in [5, 5.41) is 11.1. The molecule has 3 N–H and O–H groups in total. The number of carbonyl (C=O) groups is 1. The molecule has 0 aliphatic heterocycles. The number of carbonyl (C=O) groups excluding carboxylic acids is 1. The van der Waals surface area contributed by atoms with Crippen LogP contribution in [0.25, 0.3) is 0 Å². The summed E-state index contributed by atoms with van der Waals surface area (Å²) in [6.45, 7) is 4.10. The fourth-order valence-corrected chi connectivity index (χ4v) is 3.43. The number of aryl methyl sites for hydroxylation is 2. The minimum Gasteiger partial charge on any atom is -0.486 e. The van der Waals surface area contributed by atoms with Gasteiger partial charge in [0.1, 0.15) is 18.2 Å². The van der Waals surface area contributed by atoms with E-state index in [1.165, 1.54) is 22.9 Å². The Bertz CT molecular complexity index is 1020. The summed E-state index contributed by atoms with van der Waals surface area (Å²) in [5.74, 6) is 6.09. The lowest BCUT2D eigenvalue weighted by atomic mass is 10.1. The van der Waals surface area contributed by atoms with Gasteiger partial charge in [-0.3, -0.25) is 4.79 Å². The minimum absolute atomic E-state index is 0.0138. The van der Waals surface area contributed by atoms with E-state index in [1.807, 2.05) is 32.0 Å². The van der Waals surface area contributed by atoms with Gasteiger partial charge in [-0.2, -0.15) is 0 Å².